The van der Waals surface area contributed by atoms with Crippen LogP contribution in [0.15, 0.2) is 23.6 Å². The maximum Gasteiger partial charge on any atom is 0.187 e. The second-order valence-corrected chi connectivity index (χ2v) is 4.75. The number of thioether (sulfide) groups is 1. The molecule has 0 radical (unpaired) electrons. The largest absolute Gasteiger partial charge is 0.314 e. The minimum Gasteiger partial charge on any atom is -0.314 e. The number of aromatic nitrogens is 2. The molecular weight excluding hydrogens is 218 g/mol. The average molecular weight is 239 g/mol. The lowest BCUT2D eigenvalue weighted by atomic mass is 10.1. The van der Waals surface area contributed by atoms with Gasteiger partial charge >= 0.3 is 0 Å². The summed E-state index contributed by atoms with van der Waals surface area (Å²) in [6, 6.07) is 2.52. The molecule has 0 amide bonds. The second-order valence-electron chi connectivity index (χ2n) is 3.68. The maximum atomic E-state index is 4.19. The van der Waals surface area contributed by atoms with Crippen molar-refractivity contribution in [2.24, 2.45) is 0 Å². The van der Waals surface area contributed by atoms with Crippen molar-refractivity contribution in [3.8, 4) is 0 Å². The Morgan fingerprint density at radius 3 is 2.69 bits per heavy atom. The van der Waals surface area contributed by atoms with Crippen LogP contribution in [-0.2, 0) is 0 Å². The highest BCUT2D eigenvalue weighted by molar-refractivity contribution is 7.99. The van der Waals surface area contributed by atoms with E-state index in [0.29, 0.717) is 6.04 Å². The van der Waals surface area contributed by atoms with Gasteiger partial charge < -0.3 is 5.32 Å². The van der Waals surface area contributed by atoms with Gasteiger partial charge in [-0.25, -0.2) is 9.97 Å². The molecule has 1 aromatic heterocycles. The smallest absolute Gasteiger partial charge is 0.187 e. The molecule has 1 rings (SSSR count). The molecule has 0 aromatic carbocycles. The molecule has 4 heteroatoms. The molecule has 1 atom stereocenters. The lowest BCUT2D eigenvalue weighted by Gasteiger charge is -2.14. The Balaban J connectivity index is 2.11. The van der Waals surface area contributed by atoms with E-state index in [1.165, 1.54) is 19.3 Å². The first-order valence-electron chi connectivity index (χ1n) is 6.00. The van der Waals surface area contributed by atoms with E-state index in [0.717, 1.165) is 17.5 Å². The number of hydrogen-bond donors (Lipinski definition) is 1. The maximum absolute atomic E-state index is 4.19. The van der Waals surface area contributed by atoms with Crippen molar-refractivity contribution in [2.45, 2.75) is 44.3 Å². The first-order chi connectivity index (χ1) is 7.86. The summed E-state index contributed by atoms with van der Waals surface area (Å²) in [5.41, 5.74) is 0. The van der Waals surface area contributed by atoms with E-state index in [1.807, 2.05) is 6.07 Å². The Morgan fingerprint density at radius 2 is 2.06 bits per heavy atom. The van der Waals surface area contributed by atoms with Gasteiger partial charge in [-0.3, -0.25) is 0 Å². The number of nitrogens with one attached hydrogen (secondary N) is 1. The van der Waals surface area contributed by atoms with Gasteiger partial charge in [-0.2, -0.15) is 0 Å². The van der Waals surface area contributed by atoms with E-state index in [2.05, 4.69) is 29.1 Å². The van der Waals surface area contributed by atoms with Crippen LogP contribution in [0.1, 0.15) is 33.1 Å². The topological polar surface area (TPSA) is 37.8 Å². The Hall–Kier alpha value is -0.610. The van der Waals surface area contributed by atoms with Crippen molar-refractivity contribution < 1.29 is 0 Å². The van der Waals surface area contributed by atoms with Crippen LogP contribution in [0.2, 0.25) is 0 Å². The molecule has 0 spiro atoms. The van der Waals surface area contributed by atoms with Gasteiger partial charge in [0.1, 0.15) is 0 Å². The van der Waals surface area contributed by atoms with Crippen LogP contribution in [0.25, 0.3) is 0 Å². The number of hydrogen-bond acceptors (Lipinski definition) is 4. The Morgan fingerprint density at radius 1 is 1.31 bits per heavy atom. The van der Waals surface area contributed by atoms with E-state index in [1.54, 1.807) is 24.2 Å². The zero-order valence-corrected chi connectivity index (χ0v) is 11.0. The fourth-order valence-corrected chi connectivity index (χ4v) is 2.36. The first kappa shape index (κ1) is 13.5. The lowest BCUT2D eigenvalue weighted by molar-refractivity contribution is 0.477. The predicted molar refractivity (Wildman–Crippen MR) is 69.7 cm³/mol. The van der Waals surface area contributed by atoms with Crippen LogP contribution in [0, 0.1) is 0 Å². The van der Waals surface area contributed by atoms with Crippen LogP contribution in [0.5, 0.6) is 0 Å². The lowest BCUT2D eigenvalue weighted by Crippen LogP contribution is -2.28. The monoisotopic (exact) mass is 239 g/mol. The van der Waals surface area contributed by atoms with Crippen molar-refractivity contribution in [2.75, 3.05) is 12.3 Å². The third-order valence-electron chi connectivity index (χ3n) is 2.46. The fraction of sp³-hybridized carbons (Fsp3) is 0.667. The predicted octanol–water partition coefficient (Wildman–Crippen LogP) is 2.74. The van der Waals surface area contributed by atoms with E-state index in [4.69, 9.17) is 0 Å². The molecule has 0 saturated heterocycles. The Bertz CT molecular complexity index is 266. The van der Waals surface area contributed by atoms with Crippen LogP contribution < -0.4 is 5.32 Å². The van der Waals surface area contributed by atoms with Crippen molar-refractivity contribution in [1.29, 1.82) is 0 Å². The van der Waals surface area contributed by atoms with Crippen LogP contribution in [0.4, 0.5) is 0 Å². The highest BCUT2D eigenvalue weighted by Gasteiger charge is 2.04. The summed E-state index contributed by atoms with van der Waals surface area (Å²) < 4.78 is 0. The summed E-state index contributed by atoms with van der Waals surface area (Å²) >= 11 is 1.74. The van der Waals surface area contributed by atoms with Crippen LogP contribution >= 0.6 is 11.8 Å². The van der Waals surface area contributed by atoms with Gasteiger partial charge in [0.25, 0.3) is 0 Å². The van der Waals surface area contributed by atoms with Gasteiger partial charge in [0.2, 0.25) is 0 Å². The van der Waals surface area contributed by atoms with Crippen molar-refractivity contribution in [3.05, 3.63) is 18.5 Å². The molecule has 0 saturated carbocycles. The fourth-order valence-electron chi connectivity index (χ4n) is 1.59. The summed E-state index contributed by atoms with van der Waals surface area (Å²) in [7, 11) is 0. The molecule has 0 aliphatic heterocycles. The van der Waals surface area contributed by atoms with Crippen molar-refractivity contribution in [3.63, 3.8) is 0 Å². The molecule has 0 bridgehead atoms. The van der Waals surface area contributed by atoms with Crippen LogP contribution in [0.3, 0.4) is 0 Å². The summed E-state index contributed by atoms with van der Waals surface area (Å²) in [6.45, 7) is 5.46. The average Bonchev–Trinajstić information content (AvgIpc) is 2.34. The summed E-state index contributed by atoms with van der Waals surface area (Å²) in [5.74, 6) is 1.10. The molecule has 3 nitrogen and oxygen atoms in total. The van der Waals surface area contributed by atoms with E-state index < -0.39 is 0 Å². The minimum atomic E-state index is 0.669. The first-order valence-corrected chi connectivity index (χ1v) is 6.98. The Labute approximate surface area is 102 Å². The standard InChI is InChI=1S/C12H21N3S/c1-3-11(13-4-2)7-5-10-16-12-14-8-6-9-15-12/h6,8-9,11,13H,3-5,7,10H2,1-2H3. The van der Waals surface area contributed by atoms with Gasteiger partial charge in [0.15, 0.2) is 5.16 Å². The molecule has 0 fully saturated rings. The molecule has 1 heterocycles. The van der Waals surface area contributed by atoms with Gasteiger partial charge in [-0.1, -0.05) is 25.6 Å². The molecular formula is C12H21N3S. The quantitative estimate of drug-likeness (QED) is 0.430. The van der Waals surface area contributed by atoms with Gasteiger partial charge in [-0.05, 0) is 31.9 Å². The SMILES string of the molecule is CCNC(CC)CCCSc1ncccn1. The van der Waals surface area contributed by atoms with Crippen molar-refractivity contribution >= 4 is 11.8 Å². The summed E-state index contributed by atoms with van der Waals surface area (Å²) in [5, 5.41) is 4.38. The van der Waals surface area contributed by atoms with Gasteiger partial charge in [-0.15, -0.1) is 0 Å². The third-order valence-corrected chi connectivity index (χ3v) is 3.42. The van der Waals surface area contributed by atoms with Crippen LogP contribution in [-0.4, -0.2) is 28.3 Å². The van der Waals surface area contributed by atoms with Crippen molar-refractivity contribution in [1.82, 2.24) is 15.3 Å². The van der Waals surface area contributed by atoms with E-state index in [9.17, 15) is 0 Å². The highest BCUT2D eigenvalue weighted by Crippen LogP contribution is 2.14. The third kappa shape index (κ3) is 5.47. The molecule has 1 aromatic rings. The van der Waals surface area contributed by atoms with E-state index in [-0.39, 0.29) is 0 Å². The minimum absolute atomic E-state index is 0.669. The number of rotatable bonds is 8. The molecule has 0 aliphatic carbocycles. The summed E-state index contributed by atoms with van der Waals surface area (Å²) in [4.78, 5) is 8.38. The van der Waals surface area contributed by atoms with Gasteiger partial charge in [0, 0.05) is 24.2 Å². The van der Waals surface area contributed by atoms with Gasteiger partial charge in [0.05, 0.1) is 0 Å². The molecule has 90 valence electrons. The summed E-state index contributed by atoms with van der Waals surface area (Å²) in [6.07, 6.45) is 7.25. The molecule has 1 N–H and O–H groups in total. The van der Waals surface area contributed by atoms with E-state index >= 15 is 0 Å². The normalized spacial score (nSPS) is 12.6. The molecule has 1 unspecified atom stereocenters. The zero-order valence-electron chi connectivity index (χ0n) is 10.1. The number of nitrogens with zero attached hydrogens (tertiary/aromatic N) is 2. The molecule has 0 aliphatic rings. The highest BCUT2D eigenvalue weighted by atomic mass is 32.2. The Kier molecular flexibility index (Phi) is 7.17. The zero-order chi connectivity index (χ0) is 11.6. The second kappa shape index (κ2) is 8.53. The molecule has 16 heavy (non-hydrogen) atoms.